The molecule has 2 aliphatic rings. The fraction of sp³-hybridized carbons (Fsp3) is 0.316. The van der Waals surface area contributed by atoms with Gasteiger partial charge in [0.1, 0.15) is 37.0 Å². The summed E-state index contributed by atoms with van der Waals surface area (Å²) < 4.78 is 3.52. The predicted molar refractivity (Wildman–Crippen MR) is 213 cm³/mol. The van der Waals surface area contributed by atoms with Crippen LogP contribution in [0.2, 0.25) is 0 Å². The maximum absolute atomic E-state index is 12.6. The Morgan fingerprint density at radius 3 is 1.07 bits per heavy atom. The number of rotatable bonds is 8. The van der Waals surface area contributed by atoms with E-state index >= 15 is 0 Å². The highest BCUT2D eigenvalue weighted by molar-refractivity contribution is 5.99. The topological polar surface area (TPSA) is 398 Å². The highest BCUT2D eigenvalue weighted by Crippen LogP contribution is 2.28. The van der Waals surface area contributed by atoms with Crippen LogP contribution < -0.4 is 42.5 Å². The molecule has 21 nitrogen and oxygen atoms in total. The Hall–Kier alpha value is -6.14. The van der Waals surface area contributed by atoms with Crippen molar-refractivity contribution in [3.63, 3.8) is 0 Å². The van der Waals surface area contributed by atoms with Crippen LogP contribution in [0.4, 0.5) is 0 Å². The quantitative estimate of drug-likeness (QED) is 0.171. The SMILES string of the molecule is Cn1c([O-])c([C@@H]2C(=O)C=C[C@H]2[NH+](C)Cc2ccccc2)c(=O)n(C)c1=O.Cn1c([O-])c([C@@H]2C(=O)C=C[C@H]2[NH+](C)Cc2ccccc2)c(=O)n(C)c1=O.O.O.O.O.O.O.O. The van der Waals surface area contributed by atoms with E-state index in [4.69, 9.17) is 0 Å². The Labute approximate surface area is 337 Å². The molecule has 0 spiro atoms. The van der Waals surface area contributed by atoms with Crippen molar-refractivity contribution in [2.24, 2.45) is 28.2 Å². The molecular formula is C38H56N6O15. The minimum absolute atomic E-state index is 0. The zero-order chi connectivity index (χ0) is 38.0. The molecule has 6 rings (SSSR count). The lowest BCUT2D eigenvalue weighted by atomic mass is 9.92. The van der Waals surface area contributed by atoms with Gasteiger partial charge < -0.3 is 67.5 Å². The van der Waals surface area contributed by atoms with Crippen molar-refractivity contribution in [1.82, 2.24) is 18.3 Å². The van der Waals surface area contributed by atoms with Crippen molar-refractivity contribution in [1.29, 1.82) is 0 Å². The highest BCUT2D eigenvalue weighted by Gasteiger charge is 2.41. The number of carbonyl (C=O) groups is 2. The molecule has 21 heteroatoms. The Balaban J connectivity index is -0.000000950. The smallest absolute Gasteiger partial charge is 0.329 e. The number of allylic oxidation sites excluding steroid dienone is 2. The molecule has 0 amide bonds. The van der Waals surface area contributed by atoms with Gasteiger partial charge >= 0.3 is 11.4 Å². The Morgan fingerprint density at radius 2 is 0.780 bits per heavy atom. The van der Waals surface area contributed by atoms with Gasteiger partial charge in [-0.25, -0.2) is 9.59 Å². The third-order valence-corrected chi connectivity index (χ3v) is 9.97. The van der Waals surface area contributed by atoms with E-state index in [-0.39, 0.29) is 73.1 Å². The van der Waals surface area contributed by atoms with Crippen molar-refractivity contribution < 1.29 is 67.9 Å². The van der Waals surface area contributed by atoms with Crippen LogP contribution in [0.1, 0.15) is 34.1 Å². The van der Waals surface area contributed by atoms with Gasteiger partial charge in [0, 0.05) is 50.4 Å². The molecule has 0 radical (unpaired) electrons. The second-order valence-corrected chi connectivity index (χ2v) is 13.4. The second-order valence-electron chi connectivity index (χ2n) is 13.4. The van der Waals surface area contributed by atoms with Gasteiger partial charge in [-0.3, -0.25) is 28.3 Å². The maximum atomic E-state index is 12.6. The van der Waals surface area contributed by atoms with Gasteiger partial charge in [-0.2, -0.15) is 0 Å². The number of quaternary nitrogens is 2. The monoisotopic (exact) mass is 836 g/mol. The van der Waals surface area contributed by atoms with Crippen molar-refractivity contribution in [2.75, 3.05) is 14.1 Å². The molecule has 0 saturated heterocycles. The van der Waals surface area contributed by atoms with Crippen LogP contribution in [-0.4, -0.2) is 94.3 Å². The fourth-order valence-corrected chi connectivity index (χ4v) is 7.03. The van der Waals surface area contributed by atoms with Crippen molar-refractivity contribution in [3.05, 3.63) is 149 Å². The normalized spacial score (nSPS) is 18.1. The van der Waals surface area contributed by atoms with E-state index in [0.717, 1.165) is 39.2 Å². The first-order valence-electron chi connectivity index (χ1n) is 16.8. The maximum Gasteiger partial charge on any atom is 0.329 e. The van der Waals surface area contributed by atoms with Gasteiger partial charge in [-0.15, -0.1) is 0 Å². The highest BCUT2D eigenvalue weighted by atomic mass is 16.3. The summed E-state index contributed by atoms with van der Waals surface area (Å²) in [5, 5.41) is 25.2. The van der Waals surface area contributed by atoms with Crippen molar-refractivity contribution in [2.45, 2.75) is 37.0 Å². The Morgan fingerprint density at radius 1 is 0.492 bits per heavy atom. The first kappa shape index (κ1) is 57.2. The van der Waals surface area contributed by atoms with Crippen LogP contribution in [0.3, 0.4) is 0 Å². The summed E-state index contributed by atoms with van der Waals surface area (Å²) in [5.41, 5.74) is -0.869. The molecule has 2 aromatic heterocycles. The van der Waals surface area contributed by atoms with E-state index in [1.807, 2.05) is 74.8 Å². The van der Waals surface area contributed by atoms with Crippen LogP contribution in [0.15, 0.2) is 104 Å². The van der Waals surface area contributed by atoms with Crippen molar-refractivity contribution >= 4 is 11.6 Å². The van der Waals surface area contributed by atoms with E-state index < -0.39 is 46.1 Å². The molecule has 6 atom stereocenters. The van der Waals surface area contributed by atoms with Crippen LogP contribution in [-0.2, 0) is 50.9 Å². The molecule has 2 aromatic carbocycles. The molecule has 59 heavy (non-hydrogen) atoms. The number of likely N-dealkylation sites (N-methyl/N-ethyl adjacent to an activating group) is 2. The lowest BCUT2D eigenvalue weighted by Crippen LogP contribution is -3.12. The summed E-state index contributed by atoms with van der Waals surface area (Å²) in [5.74, 6) is -3.71. The van der Waals surface area contributed by atoms with Gasteiger partial charge in [0.25, 0.3) is 11.1 Å². The number of hydrogen-bond acceptors (Lipinski definition) is 8. The minimum Gasteiger partial charge on any atom is -0.860 e. The van der Waals surface area contributed by atoms with Gasteiger partial charge in [-0.05, 0) is 36.1 Å². The summed E-state index contributed by atoms with van der Waals surface area (Å²) in [6.45, 7) is 1.28. The minimum atomic E-state index is -0.878. The van der Waals surface area contributed by atoms with E-state index in [0.29, 0.717) is 13.1 Å². The van der Waals surface area contributed by atoms with Gasteiger partial charge in [0.15, 0.2) is 11.6 Å². The van der Waals surface area contributed by atoms with Crippen LogP contribution in [0, 0.1) is 0 Å². The Kier molecular flexibility index (Phi) is 22.6. The summed E-state index contributed by atoms with van der Waals surface area (Å²) in [6.07, 6.45) is 6.34. The summed E-state index contributed by atoms with van der Waals surface area (Å²) in [6, 6.07) is 18.9. The fourth-order valence-electron chi connectivity index (χ4n) is 7.03. The second kappa shape index (κ2) is 23.3. The molecule has 4 aromatic rings. The number of benzene rings is 2. The summed E-state index contributed by atoms with van der Waals surface area (Å²) in [4.78, 5) is 76.0. The van der Waals surface area contributed by atoms with Gasteiger partial charge in [0.05, 0.1) is 14.1 Å². The predicted octanol–water partition coefficient (Wildman–Crippen LogP) is -8.85. The molecule has 328 valence electrons. The number of aromatic nitrogens is 4. The van der Waals surface area contributed by atoms with E-state index in [1.165, 1.54) is 40.3 Å². The molecule has 2 unspecified atom stereocenters. The molecule has 2 aliphatic carbocycles. The number of hydrogen-bond donors (Lipinski definition) is 2. The number of ketones is 2. The molecule has 0 fully saturated rings. The molecule has 0 bridgehead atoms. The number of nitrogens with one attached hydrogen (secondary N) is 2. The van der Waals surface area contributed by atoms with Crippen molar-refractivity contribution in [3.8, 4) is 11.8 Å². The third-order valence-electron chi connectivity index (χ3n) is 9.97. The molecule has 0 aliphatic heterocycles. The van der Waals surface area contributed by atoms with E-state index in [1.54, 1.807) is 12.2 Å². The lowest BCUT2D eigenvalue weighted by molar-refractivity contribution is -0.913. The third kappa shape index (κ3) is 11.1. The van der Waals surface area contributed by atoms with Crippen LogP contribution in [0.5, 0.6) is 11.8 Å². The molecule has 2 heterocycles. The molecule has 16 N–H and O–H groups in total. The standard InChI is InChI=1S/2C19H21N3O4.7H2O/c2*1-20(11-12-7-5-4-6-8-12)13-9-10-14(23)15(13)16-17(24)21(2)19(26)22(3)18(16)25;;;;;;;/h2*4-10,13,15,24H,11H2,1-3H3;7*1H2/t2*13-,15+;;;;;;;/m11......./s1. The molecular weight excluding hydrogens is 780 g/mol. The summed E-state index contributed by atoms with van der Waals surface area (Å²) in [7, 11) is 9.10. The zero-order valence-electron chi connectivity index (χ0n) is 33.4. The largest absolute Gasteiger partial charge is 0.860 e. The molecule has 0 saturated carbocycles. The van der Waals surface area contributed by atoms with Gasteiger partial charge in [-0.1, -0.05) is 60.7 Å². The lowest BCUT2D eigenvalue weighted by Gasteiger charge is -2.28. The average molecular weight is 837 g/mol. The number of carbonyl (C=O) groups excluding carboxylic acids is 2. The van der Waals surface area contributed by atoms with Crippen LogP contribution >= 0.6 is 0 Å². The first-order valence-corrected chi connectivity index (χ1v) is 16.8. The van der Waals surface area contributed by atoms with E-state index in [9.17, 15) is 39.0 Å². The zero-order valence-corrected chi connectivity index (χ0v) is 33.4. The summed E-state index contributed by atoms with van der Waals surface area (Å²) >= 11 is 0. The van der Waals surface area contributed by atoms with Gasteiger partial charge in [0.2, 0.25) is 0 Å². The average Bonchev–Trinajstić information content (AvgIpc) is 3.71. The Bertz CT molecular complexity index is 2160. The first-order chi connectivity index (χ1) is 24.6. The van der Waals surface area contributed by atoms with E-state index in [2.05, 4.69) is 0 Å². The van der Waals surface area contributed by atoms with Crippen LogP contribution in [0.25, 0.3) is 0 Å². The number of nitrogens with zero attached hydrogens (tertiary/aromatic N) is 4.